The standard InChI is InChI=1S/C9H7F3N4.HI/c1-16-7(6-4-2-3-5-13-6)14-15-8(16)9(10,11)12;/h2-5H,1H3;1H. The van der Waals surface area contributed by atoms with Gasteiger partial charge in [-0.1, -0.05) is 6.07 Å². The summed E-state index contributed by atoms with van der Waals surface area (Å²) in [4.78, 5) is 3.93. The fraction of sp³-hybridized carbons (Fsp3) is 0.222. The van der Waals surface area contributed by atoms with Gasteiger partial charge in [0.25, 0.3) is 0 Å². The van der Waals surface area contributed by atoms with E-state index in [1.165, 1.54) is 13.2 Å². The molecule has 2 aromatic heterocycles. The number of alkyl halides is 3. The van der Waals surface area contributed by atoms with Crippen LogP contribution in [0.1, 0.15) is 5.82 Å². The highest BCUT2D eigenvalue weighted by atomic mass is 127. The molecule has 0 amide bonds. The van der Waals surface area contributed by atoms with Crippen molar-refractivity contribution in [2.75, 3.05) is 0 Å². The van der Waals surface area contributed by atoms with Gasteiger partial charge in [0.15, 0.2) is 0 Å². The van der Waals surface area contributed by atoms with Gasteiger partial charge in [0, 0.05) is 11.3 Å². The van der Waals surface area contributed by atoms with E-state index in [2.05, 4.69) is 10.1 Å². The van der Waals surface area contributed by atoms with Crippen LogP contribution in [0.25, 0.3) is 11.5 Å². The van der Waals surface area contributed by atoms with Gasteiger partial charge in [-0.15, -0.1) is 5.10 Å². The molecule has 0 aromatic carbocycles. The maximum Gasteiger partial charge on any atom is 0.481 e. The molecule has 92 valence electrons. The maximum absolute atomic E-state index is 12.5. The van der Waals surface area contributed by atoms with E-state index in [-0.39, 0.29) is 29.8 Å². The number of rotatable bonds is 1. The molecule has 2 rings (SSSR count). The topological polar surface area (TPSA) is 45.5 Å². The molecule has 2 heterocycles. The van der Waals surface area contributed by atoms with Crippen molar-refractivity contribution in [2.45, 2.75) is 6.18 Å². The molecule has 0 atom stereocenters. The van der Waals surface area contributed by atoms with Gasteiger partial charge >= 0.3 is 17.8 Å². The summed E-state index contributed by atoms with van der Waals surface area (Å²) in [6, 6.07) is 4.96. The summed E-state index contributed by atoms with van der Waals surface area (Å²) < 4.78 is 38.3. The molecule has 0 fully saturated rings. The molecular formula is C9H8F3IN4. The van der Waals surface area contributed by atoms with Crippen molar-refractivity contribution in [3.8, 4) is 11.5 Å². The smallest absolute Gasteiger partial charge is 0.481 e. The summed E-state index contributed by atoms with van der Waals surface area (Å²) in [5.41, 5.74) is 0.386. The quantitative estimate of drug-likeness (QED) is 0.490. The summed E-state index contributed by atoms with van der Waals surface area (Å²) in [6.45, 7) is 0. The summed E-state index contributed by atoms with van der Waals surface area (Å²) in [5, 5.41) is 5.57. The molecule has 0 aliphatic heterocycles. The molecule has 0 radical (unpaired) electrons. The highest BCUT2D eigenvalue weighted by molar-refractivity contribution is 5.43. The van der Waals surface area contributed by atoms with Crippen LogP contribution < -0.4 is 28.5 Å². The van der Waals surface area contributed by atoms with Crippen LogP contribution in [-0.2, 0) is 13.2 Å². The Morgan fingerprint density at radius 3 is 2.47 bits per heavy atom. The molecule has 2 aromatic rings. The molecule has 0 unspecified atom stereocenters. The summed E-state index contributed by atoms with van der Waals surface area (Å²) in [6.07, 6.45) is -2.95. The number of nitrogens with zero attached hydrogens (tertiary/aromatic N) is 3. The average molecular weight is 356 g/mol. The Kier molecular flexibility index (Phi) is 4.07. The zero-order valence-electron chi connectivity index (χ0n) is 8.66. The Balaban J connectivity index is 0.00000144. The van der Waals surface area contributed by atoms with E-state index >= 15 is 0 Å². The van der Waals surface area contributed by atoms with E-state index in [1.807, 2.05) is 5.10 Å². The summed E-state index contributed by atoms with van der Waals surface area (Å²) in [5.74, 6) is -0.763. The Morgan fingerprint density at radius 2 is 2.00 bits per heavy atom. The number of aromatic amines is 1. The number of nitrogens with one attached hydrogen (secondary N) is 1. The van der Waals surface area contributed by atoms with Crippen LogP contribution in [0.15, 0.2) is 24.4 Å². The number of hydrogen-bond acceptors (Lipinski definition) is 2. The Hall–Kier alpha value is -1.19. The highest BCUT2D eigenvalue weighted by Crippen LogP contribution is 2.25. The average Bonchev–Trinajstić information content (AvgIpc) is 2.61. The molecule has 0 spiro atoms. The van der Waals surface area contributed by atoms with Crippen molar-refractivity contribution in [3.63, 3.8) is 0 Å². The molecular weight excluding hydrogens is 348 g/mol. The van der Waals surface area contributed by atoms with Crippen LogP contribution in [-0.4, -0.2) is 15.2 Å². The van der Waals surface area contributed by atoms with Crippen molar-refractivity contribution in [2.24, 2.45) is 7.05 Å². The molecule has 0 bridgehead atoms. The minimum atomic E-state index is -4.45. The van der Waals surface area contributed by atoms with Gasteiger partial charge in [-0.3, -0.25) is 0 Å². The normalized spacial score (nSPS) is 11.1. The minimum Gasteiger partial charge on any atom is -1.00 e. The van der Waals surface area contributed by atoms with Gasteiger partial charge in [0.1, 0.15) is 5.69 Å². The number of H-pyrrole nitrogens is 1. The first-order valence-corrected chi connectivity index (χ1v) is 4.43. The first-order chi connectivity index (χ1) is 7.50. The molecule has 0 aliphatic rings. The second-order valence-electron chi connectivity index (χ2n) is 3.17. The summed E-state index contributed by atoms with van der Waals surface area (Å²) in [7, 11) is 1.29. The van der Waals surface area contributed by atoms with E-state index in [1.54, 1.807) is 18.2 Å². The van der Waals surface area contributed by atoms with Gasteiger partial charge in [-0.05, 0) is 12.1 Å². The number of hydrogen-bond donors (Lipinski definition) is 1. The van der Waals surface area contributed by atoms with Crippen LogP contribution in [0, 0.1) is 0 Å². The predicted octanol–water partition coefficient (Wildman–Crippen LogP) is -1.68. The van der Waals surface area contributed by atoms with E-state index in [9.17, 15) is 13.2 Å². The van der Waals surface area contributed by atoms with Crippen LogP contribution in [0.3, 0.4) is 0 Å². The van der Waals surface area contributed by atoms with Crippen LogP contribution in [0.5, 0.6) is 0 Å². The third-order valence-electron chi connectivity index (χ3n) is 2.08. The van der Waals surface area contributed by atoms with Crippen LogP contribution >= 0.6 is 0 Å². The van der Waals surface area contributed by atoms with Crippen LogP contribution in [0.4, 0.5) is 13.2 Å². The fourth-order valence-electron chi connectivity index (χ4n) is 1.34. The maximum atomic E-state index is 12.5. The lowest BCUT2D eigenvalue weighted by Gasteiger charge is -2.00. The van der Waals surface area contributed by atoms with Crippen molar-refractivity contribution in [3.05, 3.63) is 30.2 Å². The second kappa shape index (κ2) is 4.98. The number of aromatic nitrogens is 4. The molecule has 0 saturated carbocycles. The molecule has 8 heteroatoms. The van der Waals surface area contributed by atoms with Gasteiger partial charge < -0.3 is 24.0 Å². The SMILES string of the molecule is C[n+]1c(-c2ccccn2)n[nH]c1C(F)(F)F.[I-]. The molecule has 0 saturated heterocycles. The van der Waals surface area contributed by atoms with Gasteiger partial charge in [-0.2, -0.15) is 13.2 Å². The monoisotopic (exact) mass is 356 g/mol. The Morgan fingerprint density at radius 1 is 1.29 bits per heavy atom. The number of halogens is 4. The highest BCUT2D eigenvalue weighted by Gasteiger charge is 2.42. The first kappa shape index (κ1) is 13.9. The molecule has 4 nitrogen and oxygen atoms in total. The van der Waals surface area contributed by atoms with E-state index in [4.69, 9.17) is 0 Å². The van der Waals surface area contributed by atoms with E-state index in [0.29, 0.717) is 5.69 Å². The van der Waals surface area contributed by atoms with Crippen LogP contribution in [0.2, 0.25) is 0 Å². The fourth-order valence-corrected chi connectivity index (χ4v) is 1.34. The lowest BCUT2D eigenvalue weighted by atomic mass is 10.3. The molecule has 0 aliphatic carbocycles. The van der Waals surface area contributed by atoms with Crippen molar-refractivity contribution >= 4 is 0 Å². The number of pyridine rings is 1. The van der Waals surface area contributed by atoms with Gasteiger partial charge in [0.2, 0.25) is 0 Å². The lowest BCUT2D eigenvalue weighted by Crippen LogP contribution is -3.00. The summed E-state index contributed by atoms with van der Waals surface area (Å²) >= 11 is 0. The zero-order chi connectivity index (χ0) is 11.8. The molecule has 17 heavy (non-hydrogen) atoms. The largest absolute Gasteiger partial charge is 1.00 e. The lowest BCUT2D eigenvalue weighted by molar-refractivity contribution is -0.681. The van der Waals surface area contributed by atoms with Gasteiger partial charge in [0.05, 0.1) is 7.05 Å². The Bertz CT molecular complexity index is 495. The third-order valence-corrected chi connectivity index (χ3v) is 2.08. The molecule has 1 N–H and O–H groups in total. The third kappa shape index (κ3) is 2.73. The van der Waals surface area contributed by atoms with E-state index < -0.39 is 12.0 Å². The van der Waals surface area contributed by atoms with Crippen molar-refractivity contribution in [1.82, 2.24) is 15.2 Å². The van der Waals surface area contributed by atoms with E-state index in [0.717, 1.165) is 4.57 Å². The van der Waals surface area contributed by atoms with Gasteiger partial charge in [-0.25, -0.2) is 9.55 Å². The first-order valence-electron chi connectivity index (χ1n) is 4.43. The van der Waals surface area contributed by atoms with Crippen molar-refractivity contribution < 1.29 is 41.7 Å². The second-order valence-corrected chi connectivity index (χ2v) is 3.17. The Labute approximate surface area is 112 Å². The predicted molar refractivity (Wildman–Crippen MR) is 48.0 cm³/mol. The minimum absolute atomic E-state index is 0. The zero-order valence-corrected chi connectivity index (χ0v) is 10.8. The van der Waals surface area contributed by atoms with Crippen molar-refractivity contribution in [1.29, 1.82) is 0 Å².